The van der Waals surface area contributed by atoms with Gasteiger partial charge in [0, 0.05) is 11.7 Å². The fourth-order valence-electron chi connectivity index (χ4n) is 3.99. The third kappa shape index (κ3) is 6.26. The van der Waals surface area contributed by atoms with Gasteiger partial charge in [0.2, 0.25) is 0 Å². The third-order valence-electron chi connectivity index (χ3n) is 6.15. The Kier molecular flexibility index (Phi) is 8.57. The lowest BCUT2D eigenvalue weighted by Crippen LogP contribution is -2.36. The second kappa shape index (κ2) is 11.4. The van der Waals surface area contributed by atoms with Crippen LogP contribution in [0.2, 0.25) is 5.02 Å². The highest BCUT2D eigenvalue weighted by Crippen LogP contribution is 2.29. The Balaban J connectivity index is 1.66. The first-order valence-electron chi connectivity index (χ1n) is 11.6. The van der Waals surface area contributed by atoms with Crippen LogP contribution in [0.5, 0.6) is 5.75 Å². The summed E-state index contributed by atoms with van der Waals surface area (Å²) in [5, 5.41) is 6.29. The fraction of sp³-hybridized carbons (Fsp3) is 0.462. The molecule has 1 aliphatic carbocycles. The summed E-state index contributed by atoms with van der Waals surface area (Å²) in [6.45, 7) is 5.98. The molecule has 0 saturated heterocycles. The highest BCUT2D eigenvalue weighted by Gasteiger charge is 2.21. The minimum Gasteiger partial charge on any atom is -0.481 e. The molecule has 5 nitrogen and oxygen atoms in total. The Bertz CT molecular complexity index is 940. The molecule has 2 N–H and O–H groups in total. The van der Waals surface area contributed by atoms with Crippen molar-refractivity contribution in [2.75, 3.05) is 5.32 Å². The maximum Gasteiger partial charge on any atom is 0.265 e. The summed E-state index contributed by atoms with van der Waals surface area (Å²) in [5.41, 5.74) is 1.97. The molecule has 172 valence electrons. The van der Waals surface area contributed by atoms with E-state index in [1.54, 1.807) is 25.1 Å². The Morgan fingerprint density at radius 1 is 1.09 bits per heavy atom. The van der Waals surface area contributed by atoms with Crippen LogP contribution in [0.15, 0.2) is 42.5 Å². The van der Waals surface area contributed by atoms with E-state index in [2.05, 4.69) is 24.5 Å². The van der Waals surface area contributed by atoms with Gasteiger partial charge in [0.25, 0.3) is 11.8 Å². The van der Waals surface area contributed by atoms with Gasteiger partial charge in [-0.3, -0.25) is 9.59 Å². The highest BCUT2D eigenvalue weighted by molar-refractivity contribution is 6.34. The van der Waals surface area contributed by atoms with Gasteiger partial charge in [-0.25, -0.2) is 0 Å². The molecular weight excluding hydrogens is 424 g/mol. The van der Waals surface area contributed by atoms with Gasteiger partial charge in [-0.1, -0.05) is 62.9 Å². The first kappa shape index (κ1) is 24.1. The molecule has 6 heteroatoms. The summed E-state index contributed by atoms with van der Waals surface area (Å²) >= 11 is 6.28. The molecule has 0 radical (unpaired) electrons. The van der Waals surface area contributed by atoms with Gasteiger partial charge in [0.05, 0.1) is 10.6 Å². The van der Waals surface area contributed by atoms with Crippen LogP contribution in [-0.2, 0) is 4.79 Å². The van der Waals surface area contributed by atoms with Crippen molar-refractivity contribution < 1.29 is 14.3 Å². The number of nitrogens with one attached hydrogen (secondary N) is 2. The molecule has 2 aromatic carbocycles. The van der Waals surface area contributed by atoms with Crippen LogP contribution in [0.3, 0.4) is 0 Å². The maximum atomic E-state index is 12.8. The predicted molar refractivity (Wildman–Crippen MR) is 130 cm³/mol. The quantitative estimate of drug-likeness (QED) is 0.488. The Morgan fingerprint density at radius 3 is 2.53 bits per heavy atom. The van der Waals surface area contributed by atoms with Crippen molar-refractivity contribution in [3.05, 3.63) is 58.6 Å². The summed E-state index contributed by atoms with van der Waals surface area (Å²) in [6.07, 6.45) is 5.75. The second-order valence-corrected chi connectivity index (χ2v) is 9.01. The number of anilines is 1. The van der Waals surface area contributed by atoms with Gasteiger partial charge >= 0.3 is 0 Å². The highest BCUT2D eigenvalue weighted by atomic mass is 35.5. The minimum absolute atomic E-state index is 0.185. The van der Waals surface area contributed by atoms with E-state index < -0.39 is 6.10 Å². The van der Waals surface area contributed by atoms with Crippen molar-refractivity contribution in [1.29, 1.82) is 0 Å². The molecule has 0 bridgehead atoms. The van der Waals surface area contributed by atoms with Crippen molar-refractivity contribution in [1.82, 2.24) is 5.32 Å². The molecule has 3 rings (SSSR count). The number of ether oxygens (including phenoxy) is 1. The topological polar surface area (TPSA) is 67.4 Å². The molecule has 1 fully saturated rings. The van der Waals surface area contributed by atoms with E-state index in [-0.39, 0.29) is 17.9 Å². The summed E-state index contributed by atoms with van der Waals surface area (Å²) in [4.78, 5) is 25.5. The van der Waals surface area contributed by atoms with Gasteiger partial charge < -0.3 is 15.4 Å². The number of hydrogen-bond donors (Lipinski definition) is 2. The van der Waals surface area contributed by atoms with Crippen molar-refractivity contribution in [3.8, 4) is 5.75 Å². The molecule has 0 aromatic heterocycles. The molecule has 0 spiro atoms. The standard InChI is InChI=1S/C26H33ClN2O3/c1-4-17(2)21-12-8-9-13-24(21)32-18(3)25(30)29-20-14-15-23(27)22(16-20)26(31)28-19-10-6-5-7-11-19/h8-9,12-19H,4-7,10-11H2,1-3H3,(H,28,31)(H,29,30). The summed E-state index contributed by atoms with van der Waals surface area (Å²) in [5.74, 6) is 0.561. The van der Waals surface area contributed by atoms with Crippen molar-refractivity contribution in [2.24, 2.45) is 0 Å². The van der Waals surface area contributed by atoms with E-state index in [0.717, 1.165) is 37.7 Å². The van der Waals surface area contributed by atoms with Gasteiger partial charge in [-0.15, -0.1) is 0 Å². The minimum atomic E-state index is -0.699. The van der Waals surface area contributed by atoms with Crippen molar-refractivity contribution in [2.45, 2.75) is 77.4 Å². The number of carbonyl (C=O) groups is 2. The molecule has 2 unspecified atom stereocenters. The number of para-hydroxylation sites is 1. The number of benzene rings is 2. The Morgan fingerprint density at radius 2 is 1.81 bits per heavy atom. The predicted octanol–water partition coefficient (Wildman–Crippen LogP) is 6.32. The third-order valence-corrected chi connectivity index (χ3v) is 6.48. The largest absolute Gasteiger partial charge is 0.481 e. The van der Waals surface area contributed by atoms with Crippen LogP contribution in [-0.4, -0.2) is 24.0 Å². The number of hydrogen-bond acceptors (Lipinski definition) is 3. The normalized spacial score (nSPS) is 16.1. The zero-order valence-electron chi connectivity index (χ0n) is 19.1. The smallest absolute Gasteiger partial charge is 0.265 e. The van der Waals surface area contributed by atoms with Crippen LogP contribution in [0, 0.1) is 0 Å². The fourth-order valence-corrected chi connectivity index (χ4v) is 4.19. The molecule has 1 saturated carbocycles. The molecule has 1 aliphatic rings. The van der Waals surface area contributed by atoms with E-state index in [4.69, 9.17) is 16.3 Å². The Hall–Kier alpha value is -2.53. The monoisotopic (exact) mass is 456 g/mol. The lowest BCUT2D eigenvalue weighted by molar-refractivity contribution is -0.122. The van der Waals surface area contributed by atoms with E-state index in [9.17, 15) is 9.59 Å². The van der Waals surface area contributed by atoms with E-state index >= 15 is 0 Å². The summed E-state index contributed by atoms with van der Waals surface area (Å²) in [6, 6.07) is 12.9. The maximum absolute atomic E-state index is 12.8. The number of amides is 2. The first-order valence-corrected chi connectivity index (χ1v) is 11.9. The van der Waals surface area contributed by atoms with E-state index in [1.165, 1.54) is 6.42 Å². The van der Waals surface area contributed by atoms with Gasteiger partial charge in [0.15, 0.2) is 6.10 Å². The zero-order chi connectivity index (χ0) is 23.1. The number of rotatable bonds is 8. The van der Waals surface area contributed by atoms with E-state index in [1.807, 2.05) is 24.3 Å². The van der Waals surface area contributed by atoms with Crippen molar-refractivity contribution >= 4 is 29.1 Å². The average Bonchev–Trinajstić information content (AvgIpc) is 2.80. The lowest BCUT2D eigenvalue weighted by atomic mass is 9.95. The SMILES string of the molecule is CCC(C)c1ccccc1OC(C)C(=O)Nc1ccc(Cl)c(C(=O)NC2CCCCC2)c1. The molecule has 0 heterocycles. The van der Waals surface area contributed by atoms with Crippen LogP contribution in [0.4, 0.5) is 5.69 Å². The molecule has 2 atom stereocenters. The van der Waals surface area contributed by atoms with Crippen molar-refractivity contribution in [3.63, 3.8) is 0 Å². The zero-order valence-corrected chi connectivity index (χ0v) is 19.9. The van der Waals surface area contributed by atoms with Gasteiger partial charge in [0.1, 0.15) is 5.75 Å². The van der Waals surface area contributed by atoms with Crippen LogP contribution >= 0.6 is 11.6 Å². The molecule has 32 heavy (non-hydrogen) atoms. The first-order chi connectivity index (χ1) is 15.4. The van der Waals surface area contributed by atoms with Gasteiger partial charge in [-0.05, 0) is 61.9 Å². The summed E-state index contributed by atoms with van der Waals surface area (Å²) < 4.78 is 5.99. The number of halogens is 1. The Labute approximate surface area is 195 Å². The molecule has 2 amide bonds. The molecular formula is C26H33ClN2O3. The lowest BCUT2D eigenvalue weighted by Gasteiger charge is -2.23. The van der Waals surface area contributed by atoms with E-state index in [0.29, 0.717) is 27.9 Å². The van der Waals surface area contributed by atoms with Crippen LogP contribution in [0.25, 0.3) is 0 Å². The number of carbonyl (C=O) groups excluding carboxylic acids is 2. The van der Waals surface area contributed by atoms with Crippen LogP contribution < -0.4 is 15.4 Å². The summed E-state index contributed by atoms with van der Waals surface area (Å²) in [7, 11) is 0. The molecule has 2 aromatic rings. The van der Waals surface area contributed by atoms with Crippen LogP contribution in [0.1, 0.15) is 81.1 Å². The second-order valence-electron chi connectivity index (χ2n) is 8.60. The molecule has 0 aliphatic heterocycles. The average molecular weight is 457 g/mol. The van der Waals surface area contributed by atoms with Gasteiger partial charge in [-0.2, -0.15) is 0 Å².